The summed E-state index contributed by atoms with van der Waals surface area (Å²) in [4.78, 5) is 15.2. The molecule has 4 nitrogen and oxygen atoms in total. The molecule has 2 aromatic heterocycles. The number of hydrogen-bond donors (Lipinski definition) is 0. The van der Waals surface area contributed by atoms with E-state index >= 15 is 0 Å². The number of carbonyl (C=O) groups is 1. The first-order valence-electron chi connectivity index (χ1n) is 4.15. The van der Waals surface area contributed by atoms with Gasteiger partial charge in [0.1, 0.15) is 11.3 Å². The van der Waals surface area contributed by atoms with Gasteiger partial charge in [-0.05, 0) is 13.0 Å². The van der Waals surface area contributed by atoms with Gasteiger partial charge >= 0.3 is 5.97 Å². The van der Waals surface area contributed by atoms with Gasteiger partial charge in [-0.15, -0.1) is 0 Å². The van der Waals surface area contributed by atoms with Gasteiger partial charge in [-0.2, -0.15) is 0 Å². The van der Waals surface area contributed by atoms with Crippen LogP contribution in [-0.4, -0.2) is 18.1 Å². The van der Waals surface area contributed by atoms with Crippen molar-refractivity contribution < 1.29 is 13.9 Å². The summed E-state index contributed by atoms with van der Waals surface area (Å²) in [6.45, 7) is 1.83. The molecule has 0 spiro atoms. The molecule has 0 radical (unpaired) electrons. The number of hydrogen-bond acceptors (Lipinski definition) is 4. The minimum absolute atomic E-state index is 0.398. The highest BCUT2D eigenvalue weighted by atomic mass is 16.5. The van der Waals surface area contributed by atoms with Crippen LogP contribution >= 0.6 is 0 Å². The molecule has 4 heteroatoms. The quantitative estimate of drug-likeness (QED) is 0.646. The molecule has 0 saturated heterocycles. The minimum atomic E-state index is -0.409. The summed E-state index contributed by atoms with van der Waals surface area (Å²) in [6, 6.07) is 3.44. The Morgan fingerprint density at radius 3 is 3.00 bits per heavy atom. The fourth-order valence-corrected chi connectivity index (χ4v) is 1.27. The van der Waals surface area contributed by atoms with Gasteiger partial charge < -0.3 is 9.15 Å². The van der Waals surface area contributed by atoms with Gasteiger partial charge in [-0.1, -0.05) is 0 Å². The Hall–Kier alpha value is -1.84. The summed E-state index contributed by atoms with van der Waals surface area (Å²) in [7, 11) is 1.33. The molecule has 0 amide bonds. The van der Waals surface area contributed by atoms with E-state index in [1.807, 2.05) is 13.0 Å². The maximum atomic E-state index is 11.2. The lowest BCUT2D eigenvalue weighted by Gasteiger charge is -1.96. The highest BCUT2D eigenvalue weighted by Gasteiger charge is 2.09. The van der Waals surface area contributed by atoms with Gasteiger partial charge in [0.15, 0.2) is 5.58 Å². The fourth-order valence-electron chi connectivity index (χ4n) is 1.27. The number of fused-ring (bicyclic) bond motifs is 1. The molecule has 0 atom stereocenters. The molecule has 0 aliphatic heterocycles. The average molecular weight is 191 g/mol. The van der Waals surface area contributed by atoms with E-state index in [0.29, 0.717) is 11.1 Å². The maximum Gasteiger partial charge on any atom is 0.339 e. The van der Waals surface area contributed by atoms with E-state index in [1.165, 1.54) is 13.3 Å². The lowest BCUT2D eigenvalue weighted by molar-refractivity contribution is 0.0600. The standard InChI is InChI=1S/C10H9NO3/c1-6-3-8-9(14-6)4-7(5-11-8)10(12)13-2/h3-5H,1-2H3. The molecule has 0 aromatic carbocycles. The SMILES string of the molecule is COC(=O)c1cnc2cc(C)oc2c1. The highest BCUT2D eigenvalue weighted by molar-refractivity contribution is 5.92. The molecule has 0 saturated carbocycles. The smallest absolute Gasteiger partial charge is 0.339 e. The van der Waals surface area contributed by atoms with Crippen molar-refractivity contribution >= 4 is 17.1 Å². The highest BCUT2D eigenvalue weighted by Crippen LogP contribution is 2.17. The topological polar surface area (TPSA) is 52.3 Å². The first-order chi connectivity index (χ1) is 6.70. The number of furan rings is 1. The molecule has 72 valence electrons. The second kappa shape index (κ2) is 3.14. The Labute approximate surface area is 80.5 Å². The Bertz CT molecular complexity index is 487. The number of ether oxygens (including phenoxy) is 1. The summed E-state index contributed by atoms with van der Waals surface area (Å²) in [5.74, 6) is 0.364. The zero-order valence-electron chi connectivity index (χ0n) is 7.90. The van der Waals surface area contributed by atoms with Crippen molar-refractivity contribution in [3.8, 4) is 0 Å². The van der Waals surface area contributed by atoms with E-state index < -0.39 is 5.97 Å². The summed E-state index contributed by atoms with van der Waals surface area (Å²) >= 11 is 0. The Kier molecular flexibility index (Phi) is 1.96. The first-order valence-corrected chi connectivity index (χ1v) is 4.15. The van der Waals surface area contributed by atoms with E-state index in [4.69, 9.17) is 4.42 Å². The van der Waals surface area contributed by atoms with Gasteiger partial charge in [-0.3, -0.25) is 4.98 Å². The predicted molar refractivity (Wildman–Crippen MR) is 50.1 cm³/mol. The van der Waals surface area contributed by atoms with Crippen LogP contribution in [0, 0.1) is 6.92 Å². The Morgan fingerprint density at radius 1 is 1.50 bits per heavy atom. The van der Waals surface area contributed by atoms with Crippen molar-refractivity contribution in [3.05, 3.63) is 29.7 Å². The molecule has 2 aromatic rings. The summed E-state index contributed by atoms with van der Waals surface area (Å²) in [5.41, 5.74) is 1.75. The molecule has 14 heavy (non-hydrogen) atoms. The average Bonchev–Trinajstić information content (AvgIpc) is 2.55. The van der Waals surface area contributed by atoms with E-state index in [2.05, 4.69) is 9.72 Å². The van der Waals surface area contributed by atoms with Crippen molar-refractivity contribution in [2.24, 2.45) is 0 Å². The van der Waals surface area contributed by atoms with Gasteiger partial charge in [0, 0.05) is 12.3 Å². The van der Waals surface area contributed by atoms with Crippen LogP contribution in [0.1, 0.15) is 16.1 Å². The molecule has 0 bridgehead atoms. The fraction of sp³-hybridized carbons (Fsp3) is 0.200. The van der Waals surface area contributed by atoms with E-state index in [1.54, 1.807) is 6.07 Å². The van der Waals surface area contributed by atoms with Crippen molar-refractivity contribution in [3.63, 3.8) is 0 Å². The molecule has 2 heterocycles. The third-order valence-electron chi connectivity index (χ3n) is 1.91. The van der Waals surface area contributed by atoms with Crippen molar-refractivity contribution in [1.29, 1.82) is 0 Å². The molecule has 0 N–H and O–H groups in total. The molecule has 0 aliphatic rings. The van der Waals surface area contributed by atoms with E-state index in [9.17, 15) is 4.79 Å². The van der Waals surface area contributed by atoms with Crippen LogP contribution in [0.2, 0.25) is 0 Å². The summed E-state index contributed by atoms with van der Waals surface area (Å²) in [5, 5.41) is 0. The normalized spacial score (nSPS) is 10.4. The molecule has 0 unspecified atom stereocenters. The zero-order chi connectivity index (χ0) is 10.1. The number of esters is 1. The number of methoxy groups -OCH3 is 1. The van der Waals surface area contributed by atoms with Crippen molar-refractivity contribution in [1.82, 2.24) is 4.98 Å². The van der Waals surface area contributed by atoms with Crippen LogP contribution < -0.4 is 0 Å². The summed E-state index contributed by atoms with van der Waals surface area (Å²) in [6.07, 6.45) is 1.48. The van der Waals surface area contributed by atoms with E-state index in [-0.39, 0.29) is 0 Å². The Balaban J connectivity index is 2.55. The number of aromatic nitrogens is 1. The van der Waals surface area contributed by atoms with Crippen LogP contribution in [0.4, 0.5) is 0 Å². The predicted octanol–water partition coefficient (Wildman–Crippen LogP) is 1.92. The second-order valence-electron chi connectivity index (χ2n) is 2.96. The van der Waals surface area contributed by atoms with Crippen molar-refractivity contribution in [2.45, 2.75) is 6.92 Å². The second-order valence-corrected chi connectivity index (χ2v) is 2.96. The van der Waals surface area contributed by atoms with Crippen LogP contribution in [0.5, 0.6) is 0 Å². The zero-order valence-corrected chi connectivity index (χ0v) is 7.90. The lowest BCUT2D eigenvalue weighted by Crippen LogP contribution is -2.00. The Morgan fingerprint density at radius 2 is 2.29 bits per heavy atom. The number of pyridine rings is 1. The van der Waals surface area contributed by atoms with Crippen molar-refractivity contribution in [2.75, 3.05) is 7.11 Å². The van der Waals surface area contributed by atoms with E-state index in [0.717, 1.165) is 11.3 Å². The molecule has 2 rings (SSSR count). The number of nitrogens with zero attached hydrogens (tertiary/aromatic N) is 1. The number of rotatable bonds is 1. The van der Waals surface area contributed by atoms with Gasteiger partial charge in [0.05, 0.1) is 12.7 Å². The minimum Gasteiger partial charge on any atom is -0.465 e. The maximum absolute atomic E-state index is 11.2. The molecule has 0 fully saturated rings. The van der Waals surface area contributed by atoms with Crippen LogP contribution in [0.25, 0.3) is 11.1 Å². The molecule has 0 aliphatic carbocycles. The largest absolute Gasteiger partial charge is 0.465 e. The summed E-state index contributed by atoms with van der Waals surface area (Å²) < 4.78 is 9.90. The number of carbonyl (C=O) groups excluding carboxylic acids is 1. The van der Waals surface area contributed by atoms with Gasteiger partial charge in [-0.25, -0.2) is 4.79 Å². The molecular weight excluding hydrogens is 182 g/mol. The number of aryl methyl sites for hydroxylation is 1. The monoisotopic (exact) mass is 191 g/mol. The van der Waals surface area contributed by atoms with Crippen LogP contribution in [0.3, 0.4) is 0 Å². The van der Waals surface area contributed by atoms with Crippen LogP contribution in [-0.2, 0) is 4.74 Å². The van der Waals surface area contributed by atoms with Gasteiger partial charge in [0.2, 0.25) is 0 Å². The third-order valence-corrected chi connectivity index (χ3v) is 1.91. The van der Waals surface area contributed by atoms with Gasteiger partial charge in [0.25, 0.3) is 0 Å². The lowest BCUT2D eigenvalue weighted by atomic mass is 10.2. The van der Waals surface area contributed by atoms with Crippen LogP contribution in [0.15, 0.2) is 22.7 Å². The third kappa shape index (κ3) is 1.35. The molecular formula is C10H9NO3. The first kappa shape index (κ1) is 8.74.